The second-order valence-electron chi connectivity index (χ2n) is 8.04. The molecule has 0 radical (unpaired) electrons. The quantitative estimate of drug-likeness (QED) is 0.519. The van der Waals surface area contributed by atoms with Crippen molar-refractivity contribution in [3.05, 3.63) is 58.9 Å². The number of nitrogens with zero attached hydrogens (tertiary/aromatic N) is 1. The van der Waals surface area contributed by atoms with Crippen LogP contribution >= 0.6 is 11.6 Å². The summed E-state index contributed by atoms with van der Waals surface area (Å²) in [4.78, 5) is 14.5. The van der Waals surface area contributed by atoms with E-state index in [2.05, 4.69) is 10.2 Å². The molecule has 2 aromatic carbocycles. The number of ether oxygens (including phenoxy) is 2. The Labute approximate surface area is 191 Å². The third-order valence-corrected chi connectivity index (χ3v) is 6.66. The van der Waals surface area contributed by atoms with Gasteiger partial charge in [0.2, 0.25) is 5.91 Å². The predicted octanol–water partition coefficient (Wildman–Crippen LogP) is 2.16. The van der Waals surface area contributed by atoms with E-state index in [1.54, 1.807) is 7.11 Å². The first kappa shape index (κ1) is 22.8. The van der Waals surface area contributed by atoms with Crippen LogP contribution in [0.3, 0.4) is 0 Å². The molecule has 2 aliphatic rings. The average Bonchev–Trinajstić information content (AvgIpc) is 3.12. The summed E-state index contributed by atoms with van der Waals surface area (Å²) in [6.45, 7) is 2.91. The molecule has 2 saturated heterocycles. The van der Waals surface area contributed by atoms with E-state index in [1.807, 2.05) is 31.2 Å². The Bertz CT molecular complexity index is 1020. The molecule has 0 aromatic heterocycles. The van der Waals surface area contributed by atoms with Crippen molar-refractivity contribution >= 4 is 17.5 Å². The summed E-state index contributed by atoms with van der Waals surface area (Å²) in [5, 5.41) is 12.3. The Morgan fingerprint density at radius 1 is 1.44 bits per heavy atom. The molecule has 7 nitrogen and oxygen atoms in total. The maximum Gasteiger partial charge on any atom is 0.249 e. The van der Waals surface area contributed by atoms with Crippen molar-refractivity contribution in [3.63, 3.8) is 0 Å². The summed E-state index contributed by atoms with van der Waals surface area (Å²) >= 11 is 6.61. The number of methoxy groups -OCH3 is 1. The second kappa shape index (κ2) is 8.86. The molecule has 0 aliphatic carbocycles. The van der Waals surface area contributed by atoms with Crippen molar-refractivity contribution in [1.29, 1.82) is 0 Å². The van der Waals surface area contributed by atoms with Crippen LogP contribution in [0.4, 0.5) is 4.39 Å². The van der Waals surface area contributed by atoms with Crippen LogP contribution in [-0.2, 0) is 5.66 Å². The van der Waals surface area contributed by atoms with Gasteiger partial charge in [0.25, 0.3) is 0 Å². The van der Waals surface area contributed by atoms with Gasteiger partial charge in [0.05, 0.1) is 13.7 Å². The average molecular weight is 464 g/mol. The zero-order valence-corrected chi connectivity index (χ0v) is 18.7. The highest BCUT2D eigenvalue weighted by atomic mass is 35.5. The van der Waals surface area contributed by atoms with Crippen LogP contribution in [-0.4, -0.2) is 60.7 Å². The van der Waals surface area contributed by atoms with Crippen molar-refractivity contribution < 1.29 is 23.8 Å². The number of hydrogen-bond acceptors (Lipinski definition) is 6. The highest BCUT2D eigenvalue weighted by Crippen LogP contribution is 2.58. The largest absolute Gasteiger partial charge is 0.497 e. The fourth-order valence-corrected chi connectivity index (χ4v) is 5.50. The van der Waals surface area contributed by atoms with Gasteiger partial charge in [0.1, 0.15) is 18.0 Å². The third kappa shape index (κ3) is 3.42. The van der Waals surface area contributed by atoms with Crippen LogP contribution in [0.2, 0.25) is 0 Å². The molecule has 2 heterocycles. The first-order valence-electron chi connectivity index (χ1n) is 10.5. The molecule has 0 spiro atoms. The number of benzene rings is 2. The van der Waals surface area contributed by atoms with Crippen LogP contribution in [0.15, 0.2) is 36.4 Å². The Morgan fingerprint density at radius 2 is 2.22 bits per heavy atom. The zero-order chi connectivity index (χ0) is 23.0. The number of hydrogen-bond donors (Lipinski definition) is 3. The van der Waals surface area contributed by atoms with E-state index < -0.39 is 23.3 Å². The standard InChI is InChI=1S/C23H27ClFN3O4/c1-13(24)21-19(18-16(22(26)30)6-7-17(20(18)25)32-11-10-29)23(27-8-9-28(21)23)14-4-3-5-15(12-14)31-2/h3-7,12-13,19,21,27,29H,8-11H2,1-2H3,(H2,26,30)/t13-,19?,21?,23?/m1/s1. The molecule has 2 aliphatic heterocycles. The highest BCUT2D eigenvalue weighted by molar-refractivity contribution is 6.21. The third-order valence-electron chi connectivity index (χ3n) is 6.40. The van der Waals surface area contributed by atoms with E-state index in [0.29, 0.717) is 18.8 Å². The summed E-state index contributed by atoms with van der Waals surface area (Å²) in [5.74, 6) is -1.30. The molecule has 3 unspecified atom stereocenters. The van der Waals surface area contributed by atoms with Crippen LogP contribution in [0, 0.1) is 5.82 Å². The number of fused-ring (bicyclic) bond motifs is 1. The number of aliphatic hydroxyl groups is 1. The maximum atomic E-state index is 15.9. The second-order valence-corrected chi connectivity index (χ2v) is 8.73. The molecule has 0 bridgehead atoms. The fraction of sp³-hybridized carbons (Fsp3) is 0.435. The summed E-state index contributed by atoms with van der Waals surface area (Å²) in [5.41, 5.74) is 6.00. The minimum atomic E-state index is -0.789. The van der Waals surface area contributed by atoms with E-state index in [1.165, 1.54) is 12.1 Å². The first-order valence-corrected chi connectivity index (χ1v) is 11.0. The summed E-state index contributed by atoms with van der Waals surface area (Å²) in [6, 6.07) is 10.2. The highest BCUT2D eigenvalue weighted by Gasteiger charge is 2.66. The maximum absolute atomic E-state index is 15.9. The van der Waals surface area contributed by atoms with Gasteiger partial charge in [-0.25, -0.2) is 4.39 Å². The summed E-state index contributed by atoms with van der Waals surface area (Å²) in [6.07, 6.45) is 0. The van der Waals surface area contributed by atoms with Crippen molar-refractivity contribution in [3.8, 4) is 11.5 Å². The number of aliphatic hydroxyl groups excluding tert-OH is 1. The molecule has 9 heteroatoms. The molecular weight excluding hydrogens is 437 g/mol. The van der Waals surface area contributed by atoms with Crippen molar-refractivity contribution in [2.24, 2.45) is 5.73 Å². The normalized spacial score (nSPS) is 25.7. The number of rotatable bonds is 8. The summed E-state index contributed by atoms with van der Waals surface area (Å²) in [7, 11) is 1.59. The van der Waals surface area contributed by atoms with Gasteiger partial charge in [-0.15, -0.1) is 11.6 Å². The van der Waals surface area contributed by atoms with E-state index in [9.17, 15) is 4.79 Å². The molecule has 0 saturated carbocycles. The molecule has 1 amide bonds. The van der Waals surface area contributed by atoms with Crippen molar-refractivity contribution in [2.45, 2.75) is 29.9 Å². The lowest BCUT2D eigenvalue weighted by Gasteiger charge is -2.62. The number of nitrogens with two attached hydrogens (primary N) is 1. The molecule has 172 valence electrons. The van der Waals surface area contributed by atoms with Crippen LogP contribution in [0.1, 0.15) is 34.3 Å². The number of amides is 1. The Hall–Kier alpha value is -2.39. The number of carbonyl (C=O) groups is 1. The van der Waals surface area contributed by atoms with Crippen LogP contribution in [0.5, 0.6) is 11.5 Å². The lowest BCUT2D eigenvalue weighted by Crippen LogP contribution is -2.72. The summed E-state index contributed by atoms with van der Waals surface area (Å²) < 4.78 is 26.7. The Morgan fingerprint density at radius 3 is 2.88 bits per heavy atom. The molecule has 2 aromatic rings. The van der Waals surface area contributed by atoms with Gasteiger partial charge in [-0.2, -0.15) is 0 Å². The number of halogens is 2. The van der Waals surface area contributed by atoms with Gasteiger partial charge in [-0.05, 0) is 36.8 Å². The number of primary amides is 1. The van der Waals surface area contributed by atoms with Gasteiger partial charge in [-0.1, -0.05) is 12.1 Å². The lowest BCUT2D eigenvalue weighted by molar-refractivity contribution is -0.0890. The topological polar surface area (TPSA) is 97.1 Å². The van der Waals surface area contributed by atoms with Gasteiger partial charge < -0.3 is 20.3 Å². The zero-order valence-electron chi connectivity index (χ0n) is 18.0. The number of nitrogens with one attached hydrogen (secondary N) is 1. The minimum absolute atomic E-state index is 0.0442. The van der Waals surface area contributed by atoms with Crippen molar-refractivity contribution in [2.75, 3.05) is 33.4 Å². The monoisotopic (exact) mass is 463 g/mol. The molecule has 4 N–H and O–H groups in total. The molecular formula is C23H27ClFN3O4. The van der Waals surface area contributed by atoms with Gasteiger partial charge in [0.15, 0.2) is 11.6 Å². The van der Waals surface area contributed by atoms with Crippen LogP contribution < -0.4 is 20.5 Å². The Balaban J connectivity index is 1.93. The van der Waals surface area contributed by atoms with Gasteiger partial charge in [0, 0.05) is 41.6 Å². The molecule has 32 heavy (non-hydrogen) atoms. The van der Waals surface area contributed by atoms with E-state index in [-0.39, 0.29) is 41.5 Å². The predicted molar refractivity (Wildman–Crippen MR) is 119 cm³/mol. The Kier molecular flexibility index (Phi) is 6.31. The lowest BCUT2D eigenvalue weighted by atomic mass is 9.65. The minimum Gasteiger partial charge on any atom is -0.497 e. The van der Waals surface area contributed by atoms with E-state index in [4.69, 9.17) is 31.9 Å². The SMILES string of the molecule is COc1cccc(C23NCCN2C([C@@H](C)Cl)C3c2c(C(N)=O)ccc(OCCO)c2F)c1. The van der Waals surface area contributed by atoms with E-state index >= 15 is 4.39 Å². The van der Waals surface area contributed by atoms with Gasteiger partial charge >= 0.3 is 0 Å². The fourth-order valence-electron chi connectivity index (χ4n) is 5.22. The van der Waals surface area contributed by atoms with Gasteiger partial charge in [-0.3, -0.25) is 15.0 Å². The van der Waals surface area contributed by atoms with E-state index in [0.717, 1.165) is 5.56 Å². The van der Waals surface area contributed by atoms with Crippen molar-refractivity contribution in [1.82, 2.24) is 10.2 Å². The van der Waals surface area contributed by atoms with Crippen LogP contribution in [0.25, 0.3) is 0 Å². The number of alkyl halides is 1. The molecule has 4 atom stereocenters. The molecule has 4 rings (SSSR count). The smallest absolute Gasteiger partial charge is 0.249 e. The number of carbonyl (C=O) groups excluding carboxylic acids is 1. The first-order chi connectivity index (χ1) is 15.4. The molecule has 2 fully saturated rings.